The lowest BCUT2D eigenvalue weighted by atomic mass is 10.1. The molecule has 0 saturated carbocycles. The van der Waals surface area contributed by atoms with E-state index in [1.165, 1.54) is 42.6 Å². The molecule has 0 atom stereocenters. The van der Waals surface area contributed by atoms with Crippen LogP contribution >= 0.6 is 0 Å². The molecule has 3 aromatic carbocycles. The molecule has 0 unspecified atom stereocenters. The third-order valence-electron chi connectivity index (χ3n) is 5.46. The second kappa shape index (κ2) is 7.91. The van der Waals surface area contributed by atoms with Crippen molar-refractivity contribution in [3.8, 4) is 0 Å². The third kappa shape index (κ3) is 3.60. The van der Waals surface area contributed by atoms with E-state index in [4.69, 9.17) is 0 Å². The van der Waals surface area contributed by atoms with E-state index in [0.29, 0.717) is 20.0 Å². The highest BCUT2D eigenvalue weighted by molar-refractivity contribution is 7.90. The molecule has 0 N–H and O–H groups in total. The van der Waals surface area contributed by atoms with Crippen LogP contribution in [0.2, 0.25) is 0 Å². The topological polar surface area (TPSA) is 91.0 Å². The van der Waals surface area contributed by atoms with Crippen LogP contribution in [0.25, 0.3) is 21.9 Å². The molecule has 176 valence electrons. The third-order valence-corrected chi connectivity index (χ3v) is 7.18. The van der Waals surface area contributed by atoms with Crippen molar-refractivity contribution < 1.29 is 26.4 Å². The standard InChI is InChI=1S/C24H14F3N3O4S/c25-24(26,27)17-9-3-7-16(14-17)22(31)29-18-10-1-2-11-19(18)30(23(29)32)35(33,34)20-12-4-6-15-8-5-13-28-21(15)20/h1-14H. The molecule has 5 aromatic rings. The molecule has 0 aliphatic heterocycles. The number of carbonyl (C=O) groups is 1. The number of hydrogen-bond donors (Lipinski definition) is 0. The zero-order chi connectivity index (χ0) is 25.0. The largest absolute Gasteiger partial charge is 0.416 e. The first-order chi connectivity index (χ1) is 16.6. The fourth-order valence-corrected chi connectivity index (χ4v) is 5.45. The van der Waals surface area contributed by atoms with Gasteiger partial charge in [0.05, 0.1) is 22.1 Å². The van der Waals surface area contributed by atoms with Crippen LogP contribution in [0.3, 0.4) is 0 Å². The fraction of sp³-hybridized carbons (Fsp3) is 0.0417. The second-order valence-corrected chi connectivity index (χ2v) is 9.35. The van der Waals surface area contributed by atoms with Crippen molar-refractivity contribution in [1.82, 2.24) is 13.5 Å². The SMILES string of the molecule is O=C(c1cccc(C(F)(F)F)c1)n1c(=O)n(S(=O)(=O)c2cccc3cccnc23)c2ccccc21. The quantitative estimate of drug-likeness (QED) is 0.371. The lowest BCUT2D eigenvalue weighted by Crippen LogP contribution is -2.33. The average Bonchev–Trinajstić information content (AvgIpc) is 3.15. The van der Waals surface area contributed by atoms with Crippen LogP contribution in [0, 0.1) is 0 Å². The summed E-state index contributed by atoms with van der Waals surface area (Å²) in [6.07, 6.45) is -3.30. The first-order valence-corrected chi connectivity index (χ1v) is 11.6. The van der Waals surface area contributed by atoms with Crippen LogP contribution < -0.4 is 5.69 Å². The molecule has 0 aliphatic rings. The Kier molecular flexibility index (Phi) is 5.09. The second-order valence-electron chi connectivity index (χ2n) is 7.59. The molecule has 2 aromatic heterocycles. The maximum absolute atomic E-state index is 13.7. The number of fused-ring (bicyclic) bond motifs is 2. The van der Waals surface area contributed by atoms with Crippen LogP contribution in [0.1, 0.15) is 15.9 Å². The number of imidazole rings is 1. The van der Waals surface area contributed by atoms with Gasteiger partial charge in [0.15, 0.2) is 0 Å². The molecule has 35 heavy (non-hydrogen) atoms. The summed E-state index contributed by atoms with van der Waals surface area (Å²) in [7, 11) is -4.56. The van der Waals surface area contributed by atoms with Crippen molar-refractivity contribution in [2.24, 2.45) is 0 Å². The van der Waals surface area contributed by atoms with Crippen LogP contribution in [0.4, 0.5) is 13.2 Å². The van der Waals surface area contributed by atoms with Crippen LogP contribution in [-0.4, -0.2) is 27.8 Å². The molecule has 0 saturated heterocycles. The van der Waals surface area contributed by atoms with E-state index in [2.05, 4.69) is 4.98 Å². The number of hydrogen-bond acceptors (Lipinski definition) is 5. The van der Waals surface area contributed by atoms with Gasteiger partial charge in [-0.15, -0.1) is 0 Å². The molecule has 2 heterocycles. The van der Waals surface area contributed by atoms with E-state index in [9.17, 15) is 31.2 Å². The summed E-state index contributed by atoms with van der Waals surface area (Å²) < 4.78 is 67.9. The van der Waals surface area contributed by atoms with Gasteiger partial charge in [-0.2, -0.15) is 17.1 Å². The molecule has 7 nitrogen and oxygen atoms in total. The van der Waals surface area contributed by atoms with Gasteiger partial charge in [0.1, 0.15) is 4.90 Å². The number of nitrogens with zero attached hydrogens (tertiary/aromatic N) is 3. The molecule has 0 amide bonds. The van der Waals surface area contributed by atoms with E-state index < -0.39 is 38.9 Å². The highest BCUT2D eigenvalue weighted by Gasteiger charge is 2.33. The molecule has 0 bridgehead atoms. The van der Waals surface area contributed by atoms with Gasteiger partial charge < -0.3 is 0 Å². The molecule has 0 aliphatic carbocycles. The van der Waals surface area contributed by atoms with Crippen LogP contribution in [0.5, 0.6) is 0 Å². The van der Waals surface area contributed by atoms with Gasteiger partial charge in [-0.3, -0.25) is 9.78 Å². The lowest BCUT2D eigenvalue weighted by Gasteiger charge is -2.09. The normalized spacial score (nSPS) is 12.3. The lowest BCUT2D eigenvalue weighted by molar-refractivity contribution is -0.137. The number of para-hydroxylation sites is 3. The predicted octanol–water partition coefficient (Wildman–Crippen LogP) is 4.30. The van der Waals surface area contributed by atoms with Crippen molar-refractivity contribution >= 4 is 37.9 Å². The monoisotopic (exact) mass is 497 g/mol. The smallest absolute Gasteiger partial charge is 0.268 e. The van der Waals surface area contributed by atoms with Crippen molar-refractivity contribution in [3.05, 3.63) is 107 Å². The zero-order valence-electron chi connectivity index (χ0n) is 17.6. The van der Waals surface area contributed by atoms with Crippen LogP contribution in [0.15, 0.2) is 94.7 Å². The molecule has 11 heteroatoms. The van der Waals surface area contributed by atoms with E-state index in [0.717, 1.165) is 18.2 Å². The highest BCUT2D eigenvalue weighted by atomic mass is 32.2. The number of pyridine rings is 1. The maximum atomic E-state index is 13.7. The summed E-state index contributed by atoms with van der Waals surface area (Å²) in [6, 6.07) is 16.9. The van der Waals surface area contributed by atoms with Crippen molar-refractivity contribution in [1.29, 1.82) is 0 Å². The Labute approximate surface area is 195 Å². The summed E-state index contributed by atoms with van der Waals surface area (Å²) in [4.78, 5) is 30.5. The van der Waals surface area contributed by atoms with E-state index in [1.807, 2.05) is 0 Å². The Morgan fingerprint density at radius 3 is 2.29 bits per heavy atom. The molecular weight excluding hydrogens is 483 g/mol. The van der Waals surface area contributed by atoms with E-state index in [-0.39, 0.29) is 21.4 Å². The molecule has 0 fully saturated rings. The minimum Gasteiger partial charge on any atom is -0.268 e. The fourth-order valence-electron chi connectivity index (χ4n) is 3.89. The summed E-state index contributed by atoms with van der Waals surface area (Å²) >= 11 is 0. The molecular formula is C24H14F3N3O4S. The zero-order valence-corrected chi connectivity index (χ0v) is 18.4. The highest BCUT2D eigenvalue weighted by Crippen LogP contribution is 2.30. The van der Waals surface area contributed by atoms with Gasteiger partial charge >= 0.3 is 11.9 Å². The Morgan fingerprint density at radius 1 is 0.857 bits per heavy atom. The number of aromatic nitrogens is 3. The van der Waals surface area contributed by atoms with Gasteiger partial charge in [-0.05, 0) is 42.5 Å². The summed E-state index contributed by atoms with van der Waals surface area (Å²) in [5.74, 6) is -1.10. The van der Waals surface area contributed by atoms with Crippen molar-refractivity contribution in [2.75, 3.05) is 0 Å². The maximum Gasteiger partial charge on any atom is 0.416 e. The van der Waals surface area contributed by atoms with E-state index in [1.54, 1.807) is 18.2 Å². The van der Waals surface area contributed by atoms with E-state index >= 15 is 0 Å². The van der Waals surface area contributed by atoms with Gasteiger partial charge in [-0.1, -0.05) is 36.4 Å². The van der Waals surface area contributed by atoms with Crippen molar-refractivity contribution in [3.63, 3.8) is 0 Å². The number of benzene rings is 3. The van der Waals surface area contributed by atoms with Gasteiger partial charge in [0.25, 0.3) is 15.9 Å². The number of alkyl halides is 3. The number of carbonyl (C=O) groups excluding carboxylic acids is 1. The minimum absolute atomic E-state index is 0.0725. The average molecular weight is 497 g/mol. The van der Waals surface area contributed by atoms with Gasteiger partial charge in [0, 0.05) is 17.1 Å². The predicted molar refractivity (Wildman–Crippen MR) is 122 cm³/mol. The summed E-state index contributed by atoms with van der Waals surface area (Å²) in [5, 5.41) is 0.519. The minimum atomic E-state index is -4.71. The summed E-state index contributed by atoms with van der Waals surface area (Å²) in [6.45, 7) is 0. The Bertz CT molecular complexity index is 1800. The van der Waals surface area contributed by atoms with Gasteiger partial charge in [0.2, 0.25) is 0 Å². The van der Waals surface area contributed by atoms with Gasteiger partial charge in [-0.25, -0.2) is 17.8 Å². The Morgan fingerprint density at radius 2 is 1.54 bits per heavy atom. The van der Waals surface area contributed by atoms with Crippen molar-refractivity contribution in [2.45, 2.75) is 11.1 Å². The molecule has 5 rings (SSSR count). The first kappa shape index (κ1) is 22.5. The number of halogens is 3. The first-order valence-electron chi connectivity index (χ1n) is 10.1. The number of rotatable bonds is 3. The van der Waals surface area contributed by atoms with Crippen LogP contribution in [-0.2, 0) is 16.2 Å². The molecule has 0 spiro atoms. The summed E-state index contributed by atoms with van der Waals surface area (Å²) in [5.41, 5.74) is -2.78. The molecule has 0 radical (unpaired) electrons. The Balaban J connectivity index is 1.77. The Hall–Kier alpha value is -4.25.